The van der Waals surface area contributed by atoms with Crippen LogP contribution in [0, 0.1) is 5.92 Å². The van der Waals surface area contributed by atoms with Crippen LogP contribution in [0.4, 0.5) is 5.69 Å². The van der Waals surface area contributed by atoms with Crippen molar-refractivity contribution in [2.45, 2.75) is 38.1 Å². The molecule has 0 bridgehead atoms. The third kappa shape index (κ3) is 3.04. The highest BCUT2D eigenvalue weighted by atomic mass is 16.5. The second-order valence-corrected chi connectivity index (χ2v) is 5.70. The molecule has 5 nitrogen and oxygen atoms in total. The minimum atomic E-state index is -0.812. The first-order valence-corrected chi connectivity index (χ1v) is 6.92. The smallest absolute Gasteiger partial charge is 0.244 e. The number of hydrogen-bond donors (Lipinski definition) is 3. The molecule has 1 aromatic carbocycles. The number of phenols is 1. The van der Waals surface area contributed by atoms with Crippen LogP contribution in [0.5, 0.6) is 11.5 Å². The van der Waals surface area contributed by atoms with E-state index in [0.29, 0.717) is 30.2 Å². The number of benzene rings is 1. The largest absolute Gasteiger partial charge is 0.504 e. The van der Waals surface area contributed by atoms with Crippen molar-refractivity contribution in [2.24, 2.45) is 11.7 Å². The van der Waals surface area contributed by atoms with Gasteiger partial charge in [-0.2, -0.15) is 0 Å². The lowest BCUT2D eigenvalue weighted by molar-refractivity contribution is -0.122. The number of carbonyl (C=O) groups excluding carboxylic acids is 1. The molecule has 2 rings (SSSR count). The zero-order chi connectivity index (χ0) is 14.8. The first-order chi connectivity index (χ1) is 9.44. The van der Waals surface area contributed by atoms with Gasteiger partial charge in [-0.05, 0) is 30.9 Å². The lowest BCUT2D eigenvalue weighted by atomic mass is 9.76. The summed E-state index contributed by atoms with van der Waals surface area (Å²) in [5.74, 6) is 0.641. The summed E-state index contributed by atoms with van der Waals surface area (Å²) in [4.78, 5) is 12.4. The second-order valence-electron chi connectivity index (χ2n) is 5.70. The Kier molecular flexibility index (Phi) is 4.18. The van der Waals surface area contributed by atoms with E-state index in [0.717, 1.165) is 12.8 Å². The van der Waals surface area contributed by atoms with Crippen molar-refractivity contribution in [3.8, 4) is 11.5 Å². The van der Waals surface area contributed by atoms with Gasteiger partial charge < -0.3 is 20.9 Å². The number of rotatable bonds is 3. The third-order valence-corrected chi connectivity index (χ3v) is 3.92. The second kappa shape index (κ2) is 5.71. The Morgan fingerprint density at radius 2 is 2.30 bits per heavy atom. The van der Waals surface area contributed by atoms with Crippen LogP contribution in [0.1, 0.15) is 32.6 Å². The number of carbonyl (C=O) groups is 1. The molecular weight excluding hydrogens is 256 g/mol. The minimum Gasteiger partial charge on any atom is -0.504 e. The van der Waals surface area contributed by atoms with Gasteiger partial charge in [-0.3, -0.25) is 4.79 Å². The number of ether oxygens (including phenoxy) is 1. The standard InChI is InChI=1S/C15H22N2O3/c1-10-4-3-7-15(16,9-10)14(19)17-11-5-6-13(20-2)12(18)8-11/h5-6,8,10,18H,3-4,7,9,16H2,1-2H3,(H,17,19). The summed E-state index contributed by atoms with van der Waals surface area (Å²) in [7, 11) is 1.48. The third-order valence-electron chi connectivity index (χ3n) is 3.92. The van der Waals surface area contributed by atoms with E-state index in [1.165, 1.54) is 13.2 Å². The summed E-state index contributed by atoms with van der Waals surface area (Å²) in [5.41, 5.74) is 5.95. The van der Waals surface area contributed by atoms with E-state index in [9.17, 15) is 9.90 Å². The van der Waals surface area contributed by atoms with Gasteiger partial charge in [-0.25, -0.2) is 0 Å². The van der Waals surface area contributed by atoms with Gasteiger partial charge in [0.15, 0.2) is 11.5 Å². The molecule has 0 spiro atoms. The Labute approximate surface area is 119 Å². The number of methoxy groups -OCH3 is 1. The molecule has 1 saturated carbocycles. The highest BCUT2D eigenvalue weighted by Gasteiger charge is 2.37. The molecule has 1 aliphatic rings. The summed E-state index contributed by atoms with van der Waals surface area (Å²) in [5, 5.41) is 12.5. The van der Waals surface area contributed by atoms with Crippen molar-refractivity contribution < 1.29 is 14.6 Å². The Balaban J connectivity index is 2.09. The van der Waals surface area contributed by atoms with Gasteiger partial charge in [-0.1, -0.05) is 19.8 Å². The first kappa shape index (κ1) is 14.7. The predicted molar refractivity (Wildman–Crippen MR) is 77.8 cm³/mol. The van der Waals surface area contributed by atoms with Gasteiger partial charge in [0, 0.05) is 11.8 Å². The van der Waals surface area contributed by atoms with E-state index in [1.807, 2.05) is 0 Å². The Hall–Kier alpha value is -1.75. The summed E-state index contributed by atoms with van der Waals surface area (Å²) in [6, 6.07) is 4.76. The van der Waals surface area contributed by atoms with E-state index in [1.54, 1.807) is 12.1 Å². The molecule has 4 N–H and O–H groups in total. The number of hydrogen-bond acceptors (Lipinski definition) is 4. The first-order valence-electron chi connectivity index (χ1n) is 6.92. The lowest BCUT2D eigenvalue weighted by Gasteiger charge is -2.35. The Morgan fingerprint density at radius 1 is 1.55 bits per heavy atom. The van der Waals surface area contributed by atoms with Crippen LogP contribution in [0.2, 0.25) is 0 Å². The summed E-state index contributed by atoms with van der Waals surface area (Å²) < 4.78 is 4.97. The maximum Gasteiger partial charge on any atom is 0.244 e. The number of aromatic hydroxyl groups is 1. The van der Waals surface area contributed by atoms with Crippen molar-refractivity contribution in [3.63, 3.8) is 0 Å². The van der Waals surface area contributed by atoms with E-state index >= 15 is 0 Å². The minimum absolute atomic E-state index is 0.00613. The molecule has 2 atom stereocenters. The van der Waals surface area contributed by atoms with Crippen molar-refractivity contribution in [3.05, 3.63) is 18.2 Å². The highest BCUT2D eigenvalue weighted by molar-refractivity contribution is 5.98. The topological polar surface area (TPSA) is 84.6 Å². The molecule has 20 heavy (non-hydrogen) atoms. The van der Waals surface area contributed by atoms with Gasteiger partial charge in [-0.15, -0.1) is 0 Å². The lowest BCUT2D eigenvalue weighted by Crippen LogP contribution is -2.53. The predicted octanol–water partition coefficient (Wildman–Crippen LogP) is 2.25. The number of nitrogens with two attached hydrogens (primary N) is 1. The van der Waals surface area contributed by atoms with Gasteiger partial charge in [0.1, 0.15) is 0 Å². The van der Waals surface area contributed by atoms with E-state index < -0.39 is 5.54 Å². The Morgan fingerprint density at radius 3 is 2.90 bits per heavy atom. The summed E-state index contributed by atoms with van der Waals surface area (Å²) in [6.45, 7) is 2.12. The molecule has 2 unspecified atom stereocenters. The quantitative estimate of drug-likeness (QED) is 0.791. The molecule has 0 saturated heterocycles. The highest BCUT2D eigenvalue weighted by Crippen LogP contribution is 2.33. The van der Waals surface area contributed by atoms with Crippen molar-refractivity contribution >= 4 is 11.6 Å². The van der Waals surface area contributed by atoms with Crippen LogP contribution in [0.25, 0.3) is 0 Å². The fraction of sp³-hybridized carbons (Fsp3) is 0.533. The molecule has 5 heteroatoms. The van der Waals surface area contributed by atoms with Crippen molar-refractivity contribution in [1.82, 2.24) is 0 Å². The number of anilines is 1. The average molecular weight is 278 g/mol. The monoisotopic (exact) mass is 278 g/mol. The van der Waals surface area contributed by atoms with Crippen LogP contribution in [0.3, 0.4) is 0 Å². The molecule has 0 heterocycles. The fourth-order valence-corrected chi connectivity index (χ4v) is 2.82. The van der Waals surface area contributed by atoms with Gasteiger partial charge in [0.05, 0.1) is 12.6 Å². The van der Waals surface area contributed by atoms with E-state index in [-0.39, 0.29) is 11.7 Å². The number of nitrogens with one attached hydrogen (secondary N) is 1. The molecular formula is C15H22N2O3. The zero-order valence-electron chi connectivity index (χ0n) is 12.0. The molecule has 0 aromatic heterocycles. The summed E-state index contributed by atoms with van der Waals surface area (Å²) in [6.07, 6.45) is 3.49. The van der Waals surface area contributed by atoms with Crippen LogP contribution >= 0.6 is 0 Å². The van der Waals surface area contributed by atoms with Gasteiger partial charge in [0.25, 0.3) is 0 Å². The van der Waals surface area contributed by atoms with Crippen LogP contribution < -0.4 is 15.8 Å². The zero-order valence-corrected chi connectivity index (χ0v) is 12.0. The van der Waals surface area contributed by atoms with Crippen LogP contribution in [-0.4, -0.2) is 23.7 Å². The Bertz CT molecular complexity index is 504. The number of amides is 1. The maximum absolute atomic E-state index is 12.4. The molecule has 0 radical (unpaired) electrons. The fourth-order valence-electron chi connectivity index (χ4n) is 2.82. The summed E-state index contributed by atoms with van der Waals surface area (Å²) >= 11 is 0. The van der Waals surface area contributed by atoms with Crippen LogP contribution in [0.15, 0.2) is 18.2 Å². The SMILES string of the molecule is COc1ccc(NC(=O)C2(N)CCCC(C)C2)cc1O. The van der Waals surface area contributed by atoms with Crippen molar-refractivity contribution in [2.75, 3.05) is 12.4 Å². The average Bonchev–Trinajstić information content (AvgIpc) is 2.38. The van der Waals surface area contributed by atoms with Gasteiger partial charge in [0.2, 0.25) is 5.91 Å². The maximum atomic E-state index is 12.4. The van der Waals surface area contributed by atoms with Crippen LogP contribution in [-0.2, 0) is 4.79 Å². The molecule has 0 aliphatic heterocycles. The van der Waals surface area contributed by atoms with Crippen molar-refractivity contribution in [1.29, 1.82) is 0 Å². The molecule has 110 valence electrons. The molecule has 1 fully saturated rings. The van der Waals surface area contributed by atoms with E-state index in [4.69, 9.17) is 10.5 Å². The molecule has 1 amide bonds. The van der Waals surface area contributed by atoms with Gasteiger partial charge >= 0.3 is 0 Å². The van der Waals surface area contributed by atoms with E-state index in [2.05, 4.69) is 12.2 Å². The normalized spacial score (nSPS) is 26.1. The molecule has 1 aliphatic carbocycles. The number of phenolic OH excluding ortho intramolecular Hbond substituents is 1. The molecule has 1 aromatic rings.